The molecule has 2 aromatic rings. The van der Waals surface area contributed by atoms with Crippen LogP contribution in [0.3, 0.4) is 0 Å². The molecule has 33 heavy (non-hydrogen) atoms. The quantitative estimate of drug-likeness (QED) is 0.512. The Hall–Kier alpha value is -2.68. The number of carbonyl (C=O) groups is 3. The molecule has 1 aliphatic carbocycles. The fourth-order valence-corrected chi connectivity index (χ4v) is 4.52. The van der Waals surface area contributed by atoms with Crippen molar-refractivity contribution in [2.75, 3.05) is 13.7 Å². The lowest BCUT2D eigenvalue weighted by Gasteiger charge is -2.14. The second kappa shape index (κ2) is 10.1. The van der Waals surface area contributed by atoms with E-state index in [4.69, 9.17) is 32.7 Å². The Bertz CT molecular complexity index is 1130. The van der Waals surface area contributed by atoms with Gasteiger partial charge in [0.2, 0.25) is 0 Å². The van der Waals surface area contributed by atoms with Crippen molar-refractivity contribution in [3.05, 3.63) is 62.5 Å². The third kappa shape index (κ3) is 5.63. The first-order chi connectivity index (χ1) is 15.9. The number of rotatable bonds is 8. The van der Waals surface area contributed by atoms with Crippen molar-refractivity contribution in [2.24, 2.45) is 0 Å². The van der Waals surface area contributed by atoms with Crippen molar-refractivity contribution in [3.63, 3.8) is 0 Å². The van der Waals surface area contributed by atoms with Gasteiger partial charge >= 0.3 is 0 Å². The van der Waals surface area contributed by atoms with Gasteiger partial charge in [0.15, 0.2) is 18.1 Å². The first-order valence-corrected chi connectivity index (χ1v) is 11.7. The fourth-order valence-electron chi connectivity index (χ4n) is 3.16. The lowest BCUT2D eigenvalue weighted by atomic mass is 10.1. The number of amides is 3. The number of hydrogen-bond donors (Lipinski definition) is 1. The van der Waals surface area contributed by atoms with E-state index in [-0.39, 0.29) is 30.0 Å². The van der Waals surface area contributed by atoms with E-state index < -0.39 is 11.1 Å². The maximum Gasteiger partial charge on any atom is 0.293 e. The number of nitrogens with one attached hydrogen (secondary N) is 1. The van der Waals surface area contributed by atoms with Gasteiger partial charge in [0, 0.05) is 21.7 Å². The number of ether oxygens (including phenoxy) is 2. The molecule has 1 saturated heterocycles. The zero-order chi connectivity index (χ0) is 23.5. The Balaban J connectivity index is 1.47. The largest absolute Gasteiger partial charge is 0.493 e. The summed E-state index contributed by atoms with van der Waals surface area (Å²) in [4.78, 5) is 38.6. The average Bonchev–Trinajstić information content (AvgIpc) is 3.56. The summed E-state index contributed by atoms with van der Waals surface area (Å²) in [5.74, 6) is 0.195. The standard InChI is InChI=1S/C23H20Cl2N2O5S/c1-31-19-9-13(5-8-18(19)32-12-21(28)26-14-6-7-14)10-20-22(29)27(23(30)33-20)11-15-16(24)3-2-4-17(15)25/h2-5,8-10,14H,6-7,11-12H2,1H3,(H,26,28)/b20-10-. The molecule has 1 aliphatic heterocycles. The Kier molecular flexibility index (Phi) is 7.17. The molecule has 2 aromatic carbocycles. The Morgan fingerprint density at radius 1 is 1.18 bits per heavy atom. The zero-order valence-corrected chi connectivity index (χ0v) is 19.9. The molecular weight excluding hydrogens is 487 g/mol. The molecule has 3 amide bonds. The molecular formula is C23H20Cl2N2O5S. The van der Waals surface area contributed by atoms with Crippen LogP contribution < -0.4 is 14.8 Å². The van der Waals surface area contributed by atoms with Gasteiger partial charge in [-0.3, -0.25) is 19.3 Å². The van der Waals surface area contributed by atoms with Crippen LogP contribution in [0, 0.1) is 0 Å². The molecule has 0 aromatic heterocycles. The third-order valence-corrected chi connectivity index (χ3v) is 6.65. The number of methoxy groups -OCH3 is 1. The molecule has 172 valence electrons. The van der Waals surface area contributed by atoms with Crippen LogP contribution in [0.15, 0.2) is 41.3 Å². The Morgan fingerprint density at radius 3 is 2.58 bits per heavy atom. The number of thioether (sulfide) groups is 1. The lowest BCUT2D eigenvalue weighted by molar-refractivity contribution is -0.124. The molecule has 0 bridgehead atoms. The highest BCUT2D eigenvalue weighted by Crippen LogP contribution is 2.37. The molecule has 1 heterocycles. The van der Waals surface area contributed by atoms with Gasteiger partial charge in [0.05, 0.1) is 18.6 Å². The van der Waals surface area contributed by atoms with E-state index in [1.807, 2.05) is 0 Å². The molecule has 2 aliphatic rings. The van der Waals surface area contributed by atoms with Gasteiger partial charge in [0.1, 0.15) is 0 Å². The van der Waals surface area contributed by atoms with Crippen LogP contribution in [-0.2, 0) is 16.1 Å². The smallest absolute Gasteiger partial charge is 0.293 e. The first kappa shape index (κ1) is 23.5. The molecule has 2 fully saturated rings. The molecule has 10 heteroatoms. The lowest BCUT2D eigenvalue weighted by Crippen LogP contribution is -2.30. The van der Waals surface area contributed by atoms with Gasteiger partial charge < -0.3 is 14.8 Å². The number of nitrogens with zero attached hydrogens (tertiary/aromatic N) is 1. The van der Waals surface area contributed by atoms with Crippen LogP contribution in [0.4, 0.5) is 4.79 Å². The minimum Gasteiger partial charge on any atom is -0.493 e. The van der Waals surface area contributed by atoms with Gasteiger partial charge in [-0.05, 0) is 60.5 Å². The maximum atomic E-state index is 12.9. The Morgan fingerprint density at radius 2 is 1.91 bits per heavy atom. The van der Waals surface area contributed by atoms with E-state index in [0.29, 0.717) is 32.7 Å². The molecule has 0 radical (unpaired) electrons. The second-order valence-electron chi connectivity index (χ2n) is 7.51. The summed E-state index contributed by atoms with van der Waals surface area (Å²) >= 11 is 13.2. The fraction of sp³-hybridized carbons (Fsp3) is 0.261. The molecule has 0 unspecified atom stereocenters. The highest BCUT2D eigenvalue weighted by atomic mass is 35.5. The van der Waals surface area contributed by atoms with Crippen LogP contribution in [0.25, 0.3) is 6.08 Å². The normalized spacial score (nSPS) is 16.9. The number of imide groups is 1. The number of hydrogen-bond acceptors (Lipinski definition) is 6. The molecule has 4 rings (SSSR count). The monoisotopic (exact) mass is 506 g/mol. The molecule has 1 N–H and O–H groups in total. The zero-order valence-electron chi connectivity index (χ0n) is 17.6. The van der Waals surface area contributed by atoms with E-state index in [1.54, 1.807) is 42.5 Å². The summed E-state index contributed by atoms with van der Waals surface area (Å²) in [5, 5.41) is 3.22. The maximum absolute atomic E-state index is 12.9. The third-order valence-electron chi connectivity index (χ3n) is 5.04. The van der Waals surface area contributed by atoms with Crippen LogP contribution in [0.5, 0.6) is 11.5 Å². The second-order valence-corrected chi connectivity index (χ2v) is 9.32. The van der Waals surface area contributed by atoms with Crippen LogP contribution >= 0.6 is 35.0 Å². The minimum absolute atomic E-state index is 0.0144. The summed E-state index contributed by atoms with van der Waals surface area (Å²) in [5.41, 5.74) is 1.15. The summed E-state index contributed by atoms with van der Waals surface area (Å²) < 4.78 is 10.9. The van der Waals surface area contributed by atoms with Gasteiger partial charge in [0.25, 0.3) is 17.1 Å². The van der Waals surface area contributed by atoms with E-state index in [9.17, 15) is 14.4 Å². The number of benzene rings is 2. The van der Waals surface area contributed by atoms with Crippen molar-refractivity contribution in [3.8, 4) is 11.5 Å². The van der Waals surface area contributed by atoms with Crippen LogP contribution in [0.1, 0.15) is 24.0 Å². The summed E-state index contributed by atoms with van der Waals surface area (Å²) in [6.45, 7) is -0.130. The molecule has 0 spiro atoms. The molecule has 1 saturated carbocycles. The highest BCUT2D eigenvalue weighted by Gasteiger charge is 2.35. The predicted molar refractivity (Wildman–Crippen MR) is 128 cm³/mol. The number of carbonyl (C=O) groups excluding carboxylic acids is 3. The van der Waals surface area contributed by atoms with E-state index in [2.05, 4.69) is 5.32 Å². The van der Waals surface area contributed by atoms with Gasteiger partial charge in [-0.15, -0.1) is 0 Å². The van der Waals surface area contributed by atoms with Crippen LogP contribution in [0.2, 0.25) is 10.0 Å². The van der Waals surface area contributed by atoms with Crippen molar-refractivity contribution >= 4 is 58.1 Å². The van der Waals surface area contributed by atoms with Gasteiger partial charge in [-0.2, -0.15) is 0 Å². The average molecular weight is 507 g/mol. The van der Waals surface area contributed by atoms with Gasteiger partial charge in [-0.1, -0.05) is 35.3 Å². The van der Waals surface area contributed by atoms with E-state index in [0.717, 1.165) is 29.5 Å². The SMILES string of the molecule is COc1cc(/C=C2\SC(=O)N(Cc3c(Cl)cccc3Cl)C2=O)ccc1OCC(=O)NC1CC1. The summed E-state index contributed by atoms with van der Waals surface area (Å²) in [6, 6.07) is 10.3. The predicted octanol–water partition coefficient (Wildman–Crippen LogP) is 4.90. The highest BCUT2D eigenvalue weighted by molar-refractivity contribution is 8.18. The first-order valence-electron chi connectivity index (χ1n) is 10.1. The van der Waals surface area contributed by atoms with Crippen molar-refractivity contribution in [1.29, 1.82) is 0 Å². The topological polar surface area (TPSA) is 84.9 Å². The van der Waals surface area contributed by atoms with Gasteiger partial charge in [-0.25, -0.2) is 0 Å². The number of halogens is 2. The summed E-state index contributed by atoms with van der Waals surface area (Å²) in [6.07, 6.45) is 3.60. The molecule has 7 nitrogen and oxygen atoms in total. The summed E-state index contributed by atoms with van der Waals surface area (Å²) in [7, 11) is 1.48. The van der Waals surface area contributed by atoms with E-state index in [1.165, 1.54) is 7.11 Å². The van der Waals surface area contributed by atoms with E-state index >= 15 is 0 Å². The minimum atomic E-state index is -0.433. The Labute approximate surface area is 205 Å². The van der Waals surface area contributed by atoms with Crippen molar-refractivity contribution in [2.45, 2.75) is 25.4 Å². The van der Waals surface area contributed by atoms with Crippen LogP contribution in [-0.4, -0.2) is 41.7 Å². The van der Waals surface area contributed by atoms with Crippen molar-refractivity contribution in [1.82, 2.24) is 10.2 Å². The van der Waals surface area contributed by atoms with Crippen molar-refractivity contribution < 1.29 is 23.9 Å². The molecule has 0 atom stereocenters.